The molecule has 0 radical (unpaired) electrons. The molecular weight excluding hydrogens is 142 g/mol. The lowest BCUT2D eigenvalue weighted by molar-refractivity contribution is -0.206. The van der Waals surface area contributed by atoms with Crippen LogP contribution in [0.25, 0.3) is 0 Å². The highest BCUT2D eigenvalue weighted by Gasteiger charge is 1.95. The lowest BCUT2D eigenvalue weighted by Gasteiger charge is -1.99. The third-order valence-electron chi connectivity index (χ3n) is 1.33. The fourth-order valence-corrected chi connectivity index (χ4v) is 0.709. The second-order valence-electron chi connectivity index (χ2n) is 2.18. The minimum atomic E-state index is 0. The molecule has 0 saturated carbocycles. The van der Waals surface area contributed by atoms with Crippen molar-refractivity contribution in [3.05, 3.63) is 12.0 Å². The normalized spacial score (nSPS) is 10.5. The first-order chi connectivity index (χ1) is 4.85. The Morgan fingerprint density at radius 1 is 1.55 bits per heavy atom. The molecular formula is C8H19NO2. The van der Waals surface area contributed by atoms with E-state index >= 15 is 0 Å². The molecule has 0 aliphatic heterocycles. The molecule has 0 unspecified atom stereocenters. The SMILES string of the molecule is C.CCCCC/C(=C\N)OO. The van der Waals surface area contributed by atoms with E-state index in [1.807, 2.05) is 0 Å². The van der Waals surface area contributed by atoms with Crippen LogP contribution < -0.4 is 5.73 Å². The summed E-state index contributed by atoms with van der Waals surface area (Å²) in [5.41, 5.74) is 5.12. The molecule has 0 amide bonds. The molecule has 0 aliphatic rings. The van der Waals surface area contributed by atoms with E-state index in [0.29, 0.717) is 5.76 Å². The van der Waals surface area contributed by atoms with Crippen LogP contribution in [-0.2, 0) is 4.89 Å². The summed E-state index contributed by atoms with van der Waals surface area (Å²) in [6, 6.07) is 0. The first-order valence-electron chi connectivity index (χ1n) is 3.57. The molecule has 0 spiro atoms. The highest BCUT2D eigenvalue weighted by molar-refractivity contribution is 4.87. The second-order valence-corrected chi connectivity index (χ2v) is 2.18. The lowest BCUT2D eigenvalue weighted by Crippen LogP contribution is -1.92. The Bertz CT molecular complexity index is 102. The van der Waals surface area contributed by atoms with Gasteiger partial charge in [-0.05, 0) is 6.42 Å². The van der Waals surface area contributed by atoms with E-state index in [9.17, 15) is 0 Å². The molecule has 0 fully saturated rings. The molecule has 0 aromatic carbocycles. The topological polar surface area (TPSA) is 55.5 Å². The Morgan fingerprint density at radius 2 is 2.18 bits per heavy atom. The average Bonchev–Trinajstić information content (AvgIpc) is 1.99. The van der Waals surface area contributed by atoms with Gasteiger partial charge in [0.1, 0.15) is 0 Å². The van der Waals surface area contributed by atoms with Gasteiger partial charge in [-0.2, -0.15) is 0 Å². The zero-order valence-corrected chi connectivity index (χ0v) is 6.34. The van der Waals surface area contributed by atoms with Gasteiger partial charge < -0.3 is 10.6 Å². The molecule has 0 bridgehead atoms. The van der Waals surface area contributed by atoms with E-state index in [2.05, 4.69) is 11.8 Å². The number of hydrogen-bond donors (Lipinski definition) is 2. The molecule has 0 aromatic heterocycles. The maximum atomic E-state index is 8.18. The number of unbranched alkanes of at least 4 members (excludes halogenated alkanes) is 2. The van der Waals surface area contributed by atoms with E-state index < -0.39 is 0 Å². The van der Waals surface area contributed by atoms with Crippen molar-refractivity contribution < 1.29 is 10.1 Å². The van der Waals surface area contributed by atoms with Crippen LogP contribution in [0.2, 0.25) is 0 Å². The largest absolute Gasteiger partial charge is 0.402 e. The van der Waals surface area contributed by atoms with Gasteiger partial charge in [0, 0.05) is 12.6 Å². The van der Waals surface area contributed by atoms with Gasteiger partial charge in [-0.15, -0.1) is 0 Å². The molecule has 11 heavy (non-hydrogen) atoms. The van der Waals surface area contributed by atoms with Gasteiger partial charge in [0.25, 0.3) is 0 Å². The third-order valence-corrected chi connectivity index (χ3v) is 1.33. The first kappa shape index (κ1) is 12.9. The Balaban J connectivity index is 0. The summed E-state index contributed by atoms with van der Waals surface area (Å²) in [5, 5.41) is 8.18. The Labute approximate surface area is 68.8 Å². The lowest BCUT2D eigenvalue weighted by atomic mass is 10.2. The second kappa shape index (κ2) is 9.30. The van der Waals surface area contributed by atoms with Crippen molar-refractivity contribution >= 4 is 0 Å². The molecule has 0 saturated heterocycles. The zero-order valence-electron chi connectivity index (χ0n) is 6.34. The van der Waals surface area contributed by atoms with Crippen LogP contribution in [0.3, 0.4) is 0 Å². The highest BCUT2D eigenvalue weighted by atomic mass is 17.1. The van der Waals surface area contributed by atoms with Crippen LogP contribution in [-0.4, -0.2) is 5.26 Å². The van der Waals surface area contributed by atoms with Gasteiger partial charge in [-0.1, -0.05) is 27.2 Å². The van der Waals surface area contributed by atoms with Gasteiger partial charge >= 0.3 is 0 Å². The van der Waals surface area contributed by atoms with E-state index in [0.717, 1.165) is 25.7 Å². The first-order valence-corrected chi connectivity index (χ1v) is 3.57. The molecule has 68 valence electrons. The molecule has 3 N–H and O–H groups in total. The van der Waals surface area contributed by atoms with Gasteiger partial charge in [0.2, 0.25) is 0 Å². The van der Waals surface area contributed by atoms with Gasteiger partial charge in [-0.3, -0.25) is 0 Å². The number of hydrogen-bond acceptors (Lipinski definition) is 3. The van der Waals surface area contributed by atoms with Crippen molar-refractivity contribution in [1.29, 1.82) is 0 Å². The van der Waals surface area contributed by atoms with Crippen LogP contribution in [0.5, 0.6) is 0 Å². The summed E-state index contributed by atoms with van der Waals surface area (Å²) in [6.45, 7) is 2.12. The standard InChI is InChI=1S/C7H15NO2.CH4/c1-2-3-4-5-7(6-8)10-9;/h6,9H,2-5,8H2,1H3;1H4/b7-6+;. The van der Waals surface area contributed by atoms with Gasteiger partial charge in [0.05, 0.1) is 0 Å². The van der Waals surface area contributed by atoms with Crippen LogP contribution in [0.4, 0.5) is 0 Å². The monoisotopic (exact) mass is 161 g/mol. The van der Waals surface area contributed by atoms with Crippen molar-refractivity contribution in [1.82, 2.24) is 0 Å². The molecule has 3 nitrogen and oxygen atoms in total. The number of rotatable bonds is 5. The van der Waals surface area contributed by atoms with E-state index in [1.165, 1.54) is 6.20 Å². The molecule has 0 rings (SSSR count). The highest BCUT2D eigenvalue weighted by Crippen LogP contribution is 2.07. The quantitative estimate of drug-likeness (QED) is 0.282. The molecule has 3 heteroatoms. The van der Waals surface area contributed by atoms with E-state index in [4.69, 9.17) is 11.0 Å². The predicted octanol–water partition coefficient (Wildman–Crippen LogP) is 2.49. The summed E-state index contributed by atoms with van der Waals surface area (Å²) >= 11 is 0. The van der Waals surface area contributed by atoms with E-state index in [-0.39, 0.29) is 7.43 Å². The smallest absolute Gasteiger partial charge is 0.157 e. The molecule has 0 aromatic rings. The van der Waals surface area contributed by atoms with E-state index in [1.54, 1.807) is 0 Å². The predicted molar refractivity (Wildman–Crippen MR) is 46.9 cm³/mol. The van der Waals surface area contributed by atoms with Gasteiger partial charge in [-0.25, -0.2) is 5.26 Å². The summed E-state index contributed by atoms with van der Waals surface area (Å²) in [6.07, 6.45) is 5.32. The summed E-state index contributed by atoms with van der Waals surface area (Å²) in [4.78, 5) is 3.98. The van der Waals surface area contributed by atoms with Crippen LogP contribution in [0.1, 0.15) is 40.0 Å². The van der Waals surface area contributed by atoms with Crippen molar-refractivity contribution in [3.8, 4) is 0 Å². The molecule has 0 aliphatic carbocycles. The van der Waals surface area contributed by atoms with Crippen molar-refractivity contribution in [3.63, 3.8) is 0 Å². The minimum absolute atomic E-state index is 0. The maximum Gasteiger partial charge on any atom is 0.157 e. The summed E-state index contributed by atoms with van der Waals surface area (Å²) in [7, 11) is 0. The van der Waals surface area contributed by atoms with Crippen molar-refractivity contribution in [2.24, 2.45) is 5.73 Å². The zero-order chi connectivity index (χ0) is 7.82. The Hall–Kier alpha value is -0.700. The fraction of sp³-hybridized carbons (Fsp3) is 0.750. The Morgan fingerprint density at radius 3 is 2.55 bits per heavy atom. The van der Waals surface area contributed by atoms with Crippen molar-refractivity contribution in [2.75, 3.05) is 0 Å². The third kappa shape index (κ3) is 7.19. The minimum Gasteiger partial charge on any atom is -0.402 e. The molecule has 0 atom stereocenters. The van der Waals surface area contributed by atoms with Gasteiger partial charge in [0.15, 0.2) is 5.76 Å². The summed E-state index contributed by atoms with van der Waals surface area (Å²) < 4.78 is 0. The molecule has 0 heterocycles. The fourth-order valence-electron chi connectivity index (χ4n) is 0.709. The van der Waals surface area contributed by atoms with Crippen molar-refractivity contribution in [2.45, 2.75) is 40.0 Å². The summed E-state index contributed by atoms with van der Waals surface area (Å²) in [5.74, 6) is 0.452. The van der Waals surface area contributed by atoms with Crippen LogP contribution in [0.15, 0.2) is 12.0 Å². The Kier molecular flexibility index (Phi) is 10.9. The number of allylic oxidation sites excluding steroid dienone is 1. The average molecular weight is 161 g/mol. The van der Waals surface area contributed by atoms with Crippen LogP contribution >= 0.6 is 0 Å². The number of nitrogens with two attached hydrogens (primary N) is 1. The van der Waals surface area contributed by atoms with Crippen LogP contribution in [0, 0.1) is 0 Å². The maximum absolute atomic E-state index is 8.18.